The Morgan fingerprint density at radius 1 is 1.09 bits per heavy atom. The zero-order valence-corrected chi connectivity index (χ0v) is 13.0. The van der Waals surface area contributed by atoms with Crippen LogP contribution in [0.5, 0.6) is 5.75 Å². The molecule has 6 nitrogen and oxygen atoms in total. The quantitative estimate of drug-likeness (QED) is 0.776. The summed E-state index contributed by atoms with van der Waals surface area (Å²) >= 11 is 0. The van der Waals surface area contributed by atoms with Crippen molar-refractivity contribution in [3.05, 3.63) is 54.0 Å². The SMILES string of the molecule is CCc1ccc(OCC(=O)NCC(=O)NCc2ccco2)cc1. The van der Waals surface area contributed by atoms with Crippen molar-refractivity contribution >= 4 is 11.8 Å². The molecule has 0 atom stereocenters. The lowest BCUT2D eigenvalue weighted by molar-refractivity contribution is -0.127. The molecule has 0 saturated carbocycles. The van der Waals surface area contributed by atoms with Crippen LogP contribution in [0.2, 0.25) is 0 Å². The van der Waals surface area contributed by atoms with E-state index in [2.05, 4.69) is 17.6 Å². The molecule has 2 rings (SSSR count). The van der Waals surface area contributed by atoms with E-state index < -0.39 is 0 Å². The summed E-state index contributed by atoms with van der Waals surface area (Å²) in [5, 5.41) is 5.14. The Bertz CT molecular complexity index is 621. The maximum Gasteiger partial charge on any atom is 0.258 e. The molecule has 122 valence electrons. The topological polar surface area (TPSA) is 80.6 Å². The monoisotopic (exact) mass is 316 g/mol. The number of benzene rings is 1. The number of furan rings is 1. The van der Waals surface area contributed by atoms with Crippen LogP contribution in [0.15, 0.2) is 47.1 Å². The standard InChI is InChI=1S/C17H20N2O4/c1-2-13-5-7-14(8-6-13)23-12-17(21)19-11-16(20)18-10-15-4-3-9-22-15/h3-9H,2,10-12H2,1H3,(H,18,20)(H,19,21). The van der Waals surface area contributed by atoms with Crippen LogP contribution in [0.4, 0.5) is 0 Å². The van der Waals surface area contributed by atoms with Crippen LogP contribution < -0.4 is 15.4 Å². The number of hydrogen-bond acceptors (Lipinski definition) is 4. The van der Waals surface area contributed by atoms with E-state index in [-0.39, 0.29) is 25.0 Å². The van der Waals surface area contributed by atoms with Crippen molar-refractivity contribution in [3.63, 3.8) is 0 Å². The minimum Gasteiger partial charge on any atom is -0.484 e. The summed E-state index contributed by atoms with van der Waals surface area (Å²) in [6, 6.07) is 11.1. The summed E-state index contributed by atoms with van der Waals surface area (Å²) in [6.07, 6.45) is 2.49. The van der Waals surface area contributed by atoms with Crippen molar-refractivity contribution in [2.75, 3.05) is 13.2 Å². The number of aryl methyl sites for hydroxylation is 1. The molecule has 0 radical (unpaired) electrons. The average Bonchev–Trinajstić information content (AvgIpc) is 3.10. The van der Waals surface area contributed by atoms with E-state index >= 15 is 0 Å². The van der Waals surface area contributed by atoms with E-state index in [1.165, 1.54) is 11.8 Å². The summed E-state index contributed by atoms with van der Waals surface area (Å²) in [5.74, 6) is 0.642. The van der Waals surface area contributed by atoms with E-state index in [1.807, 2.05) is 24.3 Å². The summed E-state index contributed by atoms with van der Waals surface area (Å²) in [6.45, 7) is 2.14. The highest BCUT2D eigenvalue weighted by atomic mass is 16.5. The Labute approximate surface area is 134 Å². The van der Waals surface area contributed by atoms with E-state index in [0.29, 0.717) is 18.1 Å². The van der Waals surface area contributed by atoms with Gasteiger partial charge in [0.05, 0.1) is 19.4 Å². The zero-order valence-electron chi connectivity index (χ0n) is 13.0. The van der Waals surface area contributed by atoms with Gasteiger partial charge in [0, 0.05) is 0 Å². The Kier molecular flexibility index (Phi) is 6.23. The largest absolute Gasteiger partial charge is 0.484 e. The molecule has 6 heteroatoms. The molecule has 0 bridgehead atoms. The number of nitrogens with one attached hydrogen (secondary N) is 2. The van der Waals surface area contributed by atoms with Crippen molar-refractivity contribution < 1.29 is 18.7 Å². The Morgan fingerprint density at radius 2 is 1.87 bits per heavy atom. The van der Waals surface area contributed by atoms with E-state index in [4.69, 9.17) is 9.15 Å². The maximum atomic E-state index is 11.6. The molecule has 0 aliphatic carbocycles. The second-order valence-electron chi connectivity index (χ2n) is 4.92. The first kappa shape index (κ1) is 16.6. The molecule has 1 heterocycles. The smallest absolute Gasteiger partial charge is 0.258 e. The van der Waals surface area contributed by atoms with Gasteiger partial charge < -0.3 is 19.8 Å². The molecule has 0 unspecified atom stereocenters. The van der Waals surface area contributed by atoms with E-state index in [1.54, 1.807) is 12.1 Å². The minimum atomic E-state index is -0.349. The molecule has 0 fully saturated rings. The molecule has 0 aliphatic heterocycles. The highest BCUT2D eigenvalue weighted by Crippen LogP contribution is 2.12. The van der Waals surface area contributed by atoms with Crippen molar-refractivity contribution in [2.45, 2.75) is 19.9 Å². The van der Waals surface area contributed by atoms with Gasteiger partial charge >= 0.3 is 0 Å². The predicted octanol–water partition coefficient (Wildman–Crippen LogP) is 1.65. The van der Waals surface area contributed by atoms with Crippen molar-refractivity contribution in [1.29, 1.82) is 0 Å². The molecular formula is C17H20N2O4. The molecule has 0 saturated heterocycles. The van der Waals surface area contributed by atoms with Gasteiger partial charge in [0.15, 0.2) is 6.61 Å². The Morgan fingerprint density at radius 3 is 2.52 bits per heavy atom. The van der Waals surface area contributed by atoms with E-state index in [0.717, 1.165) is 6.42 Å². The van der Waals surface area contributed by atoms with Crippen molar-refractivity contribution in [3.8, 4) is 5.75 Å². The second kappa shape index (κ2) is 8.63. The molecular weight excluding hydrogens is 296 g/mol. The first-order valence-electron chi connectivity index (χ1n) is 7.45. The van der Waals surface area contributed by atoms with Crippen LogP contribution in [0, 0.1) is 0 Å². The molecule has 1 aromatic heterocycles. The summed E-state index contributed by atoms with van der Waals surface area (Å²) < 4.78 is 10.5. The lowest BCUT2D eigenvalue weighted by atomic mass is 10.2. The molecule has 0 aliphatic rings. The summed E-state index contributed by atoms with van der Waals surface area (Å²) in [4.78, 5) is 23.2. The van der Waals surface area contributed by atoms with Gasteiger partial charge in [-0.3, -0.25) is 9.59 Å². The van der Waals surface area contributed by atoms with Gasteiger partial charge in [-0.1, -0.05) is 19.1 Å². The van der Waals surface area contributed by atoms with Crippen LogP contribution >= 0.6 is 0 Å². The van der Waals surface area contributed by atoms with Gasteiger partial charge in [-0.15, -0.1) is 0 Å². The van der Waals surface area contributed by atoms with Gasteiger partial charge in [0.25, 0.3) is 5.91 Å². The molecule has 2 N–H and O–H groups in total. The van der Waals surface area contributed by atoms with Crippen molar-refractivity contribution in [2.24, 2.45) is 0 Å². The minimum absolute atomic E-state index is 0.0995. The average molecular weight is 316 g/mol. The van der Waals surface area contributed by atoms with Gasteiger partial charge in [0.2, 0.25) is 5.91 Å². The highest BCUT2D eigenvalue weighted by molar-refractivity contribution is 5.85. The van der Waals surface area contributed by atoms with Crippen LogP contribution in [0.3, 0.4) is 0 Å². The Hall–Kier alpha value is -2.76. The lowest BCUT2D eigenvalue weighted by Gasteiger charge is -2.08. The molecule has 23 heavy (non-hydrogen) atoms. The fraction of sp³-hybridized carbons (Fsp3) is 0.294. The number of rotatable bonds is 8. The first-order valence-corrected chi connectivity index (χ1v) is 7.45. The normalized spacial score (nSPS) is 10.1. The maximum absolute atomic E-state index is 11.6. The molecule has 2 aromatic rings. The summed E-state index contributed by atoms with van der Waals surface area (Å²) in [5.41, 5.74) is 1.20. The lowest BCUT2D eigenvalue weighted by Crippen LogP contribution is -2.38. The van der Waals surface area contributed by atoms with Crippen molar-refractivity contribution in [1.82, 2.24) is 10.6 Å². The second-order valence-corrected chi connectivity index (χ2v) is 4.92. The van der Waals surface area contributed by atoms with Crippen LogP contribution in [-0.2, 0) is 22.6 Å². The fourth-order valence-electron chi connectivity index (χ4n) is 1.86. The first-order chi connectivity index (χ1) is 11.2. The number of amides is 2. The number of carbonyl (C=O) groups excluding carboxylic acids is 2. The molecule has 0 spiro atoms. The zero-order chi connectivity index (χ0) is 16.5. The fourth-order valence-corrected chi connectivity index (χ4v) is 1.86. The van der Waals surface area contributed by atoms with Crippen LogP contribution in [-0.4, -0.2) is 25.0 Å². The number of ether oxygens (including phenoxy) is 1. The third-order valence-electron chi connectivity index (χ3n) is 3.19. The van der Waals surface area contributed by atoms with Gasteiger partial charge in [-0.25, -0.2) is 0 Å². The predicted molar refractivity (Wildman–Crippen MR) is 84.9 cm³/mol. The highest BCUT2D eigenvalue weighted by Gasteiger charge is 2.07. The third-order valence-corrected chi connectivity index (χ3v) is 3.19. The van der Waals surface area contributed by atoms with Gasteiger partial charge in [-0.05, 0) is 36.2 Å². The Balaban J connectivity index is 1.63. The molecule has 1 aromatic carbocycles. The molecule has 2 amide bonds. The van der Waals surface area contributed by atoms with Gasteiger partial charge in [-0.2, -0.15) is 0 Å². The van der Waals surface area contributed by atoms with Crippen LogP contribution in [0.25, 0.3) is 0 Å². The number of hydrogen-bond donors (Lipinski definition) is 2. The third kappa shape index (κ3) is 5.86. The van der Waals surface area contributed by atoms with E-state index in [9.17, 15) is 9.59 Å². The summed E-state index contributed by atoms with van der Waals surface area (Å²) in [7, 11) is 0. The van der Waals surface area contributed by atoms with Gasteiger partial charge in [0.1, 0.15) is 11.5 Å². The van der Waals surface area contributed by atoms with Crippen LogP contribution in [0.1, 0.15) is 18.2 Å². The number of carbonyl (C=O) groups is 2.